The van der Waals surface area contributed by atoms with E-state index in [2.05, 4.69) is 10.6 Å². The normalized spacial score (nSPS) is 11.6. The van der Waals surface area contributed by atoms with E-state index in [1.807, 2.05) is 0 Å². The lowest BCUT2D eigenvalue weighted by Crippen LogP contribution is -2.38. The number of nitrogens with one attached hydrogen (secondary N) is 2. The Hall–Kier alpha value is -3.50. The summed E-state index contributed by atoms with van der Waals surface area (Å²) in [6.07, 6.45) is 1.24. The molecule has 0 aliphatic heterocycles. The van der Waals surface area contributed by atoms with Gasteiger partial charge in [0.2, 0.25) is 5.91 Å². The minimum absolute atomic E-state index is 0.203. The van der Waals surface area contributed by atoms with Crippen LogP contribution in [0.3, 0.4) is 0 Å². The predicted molar refractivity (Wildman–Crippen MR) is 120 cm³/mol. The fourth-order valence-corrected chi connectivity index (χ4v) is 2.85. The van der Waals surface area contributed by atoms with E-state index in [4.69, 9.17) is 23.2 Å². The monoisotopic (exact) mass is 480 g/mol. The van der Waals surface area contributed by atoms with Gasteiger partial charge in [0.15, 0.2) is 0 Å². The van der Waals surface area contributed by atoms with Crippen molar-refractivity contribution in [2.45, 2.75) is 20.8 Å². The number of carbonyl (C=O) groups is 2. The number of hydrogen-bond acceptors (Lipinski definition) is 6. The lowest BCUT2D eigenvalue weighted by atomic mass is 9.95. The molecule has 0 spiro atoms. The molecule has 2 aromatic carbocycles. The minimum Gasteiger partial charge on any atom is -0.321 e. The average Bonchev–Trinajstić information content (AvgIpc) is 2.68. The van der Waals surface area contributed by atoms with E-state index in [0.717, 1.165) is 18.2 Å². The highest BCUT2D eigenvalue weighted by Gasteiger charge is 2.26. The number of hydrogen-bond donors (Lipinski definition) is 2. The first-order valence-corrected chi connectivity index (χ1v) is 9.78. The first kappa shape index (κ1) is 24.8. The van der Waals surface area contributed by atoms with Crippen LogP contribution in [0.15, 0.2) is 42.1 Å². The molecule has 0 saturated carbocycles. The Bertz CT molecular complexity index is 1120. The quantitative estimate of drug-likeness (QED) is 0.339. The molecule has 0 saturated heterocycles. The van der Waals surface area contributed by atoms with E-state index in [-0.39, 0.29) is 27.0 Å². The van der Waals surface area contributed by atoms with Crippen molar-refractivity contribution in [3.63, 3.8) is 0 Å². The summed E-state index contributed by atoms with van der Waals surface area (Å²) in [5, 5.41) is 27.4. The number of non-ortho nitro benzene ring substituents is 1. The lowest BCUT2D eigenvalue weighted by Gasteiger charge is -2.19. The van der Waals surface area contributed by atoms with Crippen molar-refractivity contribution in [1.82, 2.24) is 5.32 Å². The first-order valence-electron chi connectivity index (χ1n) is 9.02. The summed E-state index contributed by atoms with van der Waals surface area (Å²) in [6.45, 7) is 4.88. The molecule has 0 bridgehead atoms. The topological polar surface area (TPSA) is 144 Å². The minimum atomic E-state index is -0.921. The standard InChI is InChI=1S/C20H18Cl2N4O6/c1-20(2,3)19(28)24-16(10-12-13(21)5-4-6-14(12)22)18(27)23-15-8-7-11(25(29)30)9-17(15)26(31)32/h4-10H,1-3H3,(H,23,27)(H,24,28)/b16-10+. The lowest BCUT2D eigenvalue weighted by molar-refractivity contribution is -0.393. The zero-order chi connectivity index (χ0) is 24.2. The molecule has 0 fully saturated rings. The molecule has 0 radical (unpaired) electrons. The smallest absolute Gasteiger partial charge is 0.299 e. The van der Waals surface area contributed by atoms with Crippen molar-refractivity contribution in [2.75, 3.05) is 5.32 Å². The Morgan fingerprint density at radius 3 is 2.09 bits per heavy atom. The van der Waals surface area contributed by atoms with Crippen LogP contribution in [0.2, 0.25) is 10.0 Å². The number of amides is 2. The van der Waals surface area contributed by atoms with Crippen LogP contribution >= 0.6 is 23.2 Å². The van der Waals surface area contributed by atoms with Crippen LogP contribution < -0.4 is 10.6 Å². The molecule has 0 aliphatic rings. The Kier molecular flexibility index (Phi) is 7.55. The summed E-state index contributed by atoms with van der Waals surface area (Å²) in [5.74, 6) is -1.43. The van der Waals surface area contributed by atoms with Gasteiger partial charge in [-0.1, -0.05) is 50.0 Å². The molecule has 0 atom stereocenters. The maximum absolute atomic E-state index is 13.0. The highest BCUT2D eigenvalue weighted by atomic mass is 35.5. The van der Waals surface area contributed by atoms with Crippen molar-refractivity contribution in [2.24, 2.45) is 5.41 Å². The molecule has 32 heavy (non-hydrogen) atoms. The molecule has 0 unspecified atom stereocenters. The number of carbonyl (C=O) groups excluding carboxylic acids is 2. The number of benzene rings is 2. The van der Waals surface area contributed by atoms with Crippen LogP contribution in [0.25, 0.3) is 6.08 Å². The van der Waals surface area contributed by atoms with E-state index in [9.17, 15) is 29.8 Å². The summed E-state index contributed by atoms with van der Waals surface area (Å²) < 4.78 is 0. The molecule has 0 aliphatic carbocycles. The molecule has 10 nitrogen and oxygen atoms in total. The summed E-state index contributed by atoms with van der Waals surface area (Å²) in [6, 6.07) is 7.40. The maximum atomic E-state index is 13.0. The number of nitro groups is 2. The number of nitrogens with zero attached hydrogens (tertiary/aromatic N) is 2. The molecule has 2 aromatic rings. The summed E-state index contributed by atoms with van der Waals surface area (Å²) in [5.41, 5.74) is -2.42. The van der Waals surface area contributed by atoms with Gasteiger partial charge in [0.1, 0.15) is 11.4 Å². The molecule has 2 rings (SSSR count). The van der Waals surface area contributed by atoms with Crippen LogP contribution in [0.4, 0.5) is 17.1 Å². The summed E-state index contributed by atoms with van der Waals surface area (Å²) in [4.78, 5) is 46.1. The third-order valence-electron chi connectivity index (χ3n) is 4.10. The average molecular weight is 481 g/mol. The number of rotatable bonds is 6. The predicted octanol–water partition coefficient (Wildman–Crippen LogP) is 4.95. The summed E-state index contributed by atoms with van der Waals surface area (Å²) in [7, 11) is 0. The van der Waals surface area contributed by atoms with Gasteiger partial charge in [0.05, 0.1) is 15.9 Å². The van der Waals surface area contributed by atoms with Crippen LogP contribution in [-0.4, -0.2) is 21.7 Å². The van der Waals surface area contributed by atoms with Crippen molar-refractivity contribution >= 4 is 58.2 Å². The van der Waals surface area contributed by atoms with Gasteiger partial charge in [0, 0.05) is 27.1 Å². The van der Waals surface area contributed by atoms with Gasteiger partial charge in [-0.15, -0.1) is 0 Å². The van der Waals surface area contributed by atoms with Gasteiger partial charge < -0.3 is 10.6 Å². The van der Waals surface area contributed by atoms with E-state index in [1.54, 1.807) is 26.8 Å². The fourth-order valence-electron chi connectivity index (χ4n) is 2.34. The molecular formula is C20H18Cl2N4O6. The third-order valence-corrected chi connectivity index (χ3v) is 4.76. The van der Waals surface area contributed by atoms with Crippen LogP contribution in [0, 0.1) is 25.6 Å². The van der Waals surface area contributed by atoms with Gasteiger partial charge in [-0.2, -0.15) is 0 Å². The molecule has 2 amide bonds. The van der Waals surface area contributed by atoms with Gasteiger partial charge in [-0.05, 0) is 24.3 Å². The molecule has 168 valence electrons. The van der Waals surface area contributed by atoms with Crippen molar-refractivity contribution in [1.29, 1.82) is 0 Å². The zero-order valence-electron chi connectivity index (χ0n) is 17.1. The SMILES string of the molecule is CC(C)(C)C(=O)N/C(=C/c1c(Cl)cccc1Cl)C(=O)Nc1ccc([N+](=O)[O-])cc1[N+](=O)[O-]. The Morgan fingerprint density at radius 2 is 1.59 bits per heavy atom. The molecule has 0 heterocycles. The number of nitro benzene ring substituents is 2. The third kappa shape index (κ3) is 6.02. The van der Waals surface area contributed by atoms with E-state index >= 15 is 0 Å². The second kappa shape index (κ2) is 9.75. The second-order valence-electron chi connectivity index (χ2n) is 7.57. The maximum Gasteiger partial charge on any atom is 0.299 e. The number of anilines is 1. The largest absolute Gasteiger partial charge is 0.321 e. The van der Waals surface area contributed by atoms with E-state index in [0.29, 0.717) is 0 Å². The van der Waals surface area contributed by atoms with Crippen LogP contribution in [0.1, 0.15) is 26.3 Å². The van der Waals surface area contributed by atoms with Gasteiger partial charge in [0.25, 0.3) is 17.3 Å². The molecule has 0 aromatic heterocycles. The van der Waals surface area contributed by atoms with Crippen LogP contribution in [0.5, 0.6) is 0 Å². The fraction of sp³-hybridized carbons (Fsp3) is 0.200. The Balaban J connectivity index is 2.52. The number of halogens is 2. The zero-order valence-corrected chi connectivity index (χ0v) is 18.7. The van der Waals surface area contributed by atoms with Gasteiger partial charge in [-0.3, -0.25) is 29.8 Å². The second-order valence-corrected chi connectivity index (χ2v) is 8.38. The van der Waals surface area contributed by atoms with Gasteiger partial charge >= 0.3 is 0 Å². The van der Waals surface area contributed by atoms with Crippen molar-refractivity contribution < 1.29 is 19.4 Å². The highest BCUT2D eigenvalue weighted by Crippen LogP contribution is 2.30. The van der Waals surface area contributed by atoms with Gasteiger partial charge in [-0.25, -0.2) is 0 Å². The van der Waals surface area contributed by atoms with Crippen LogP contribution in [-0.2, 0) is 9.59 Å². The first-order chi connectivity index (χ1) is 14.8. The molecular weight excluding hydrogens is 463 g/mol. The van der Waals surface area contributed by atoms with E-state index in [1.165, 1.54) is 18.2 Å². The molecule has 2 N–H and O–H groups in total. The van der Waals surface area contributed by atoms with Crippen molar-refractivity contribution in [3.8, 4) is 0 Å². The molecule has 12 heteroatoms. The van der Waals surface area contributed by atoms with Crippen molar-refractivity contribution in [3.05, 3.63) is 77.9 Å². The summed E-state index contributed by atoms with van der Waals surface area (Å²) >= 11 is 12.3. The van der Waals surface area contributed by atoms with E-state index < -0.39 is 38.5 Å². The Morgan fingerprint density at radius 1 is 1.00 bits per heavy atom. The Labute approximate surface area is 192 Å². The highest BCUT2D eigenvalue weighted by molar-refractivity contribution is 6.37.